The van der Waals surface area contributed by atoms with E-state index < -0.39 is 0 Å². The maximum absolute atomic E-state index is 11.1. The van der Waals surface area contributed by atoms with Gasteiger partial charge in [-0.15, -0.1) is 5.10 Å². The van der Waals surface area contributed by atoms with Crippen LogP contribution in [-0.4, -0.2) is 41.5 Å². The molecule has 1 fully saturated rings. The summed E-state index contributed by atoms with van der Waals surface area (Å²) in [5.41, 5.74) is 2.29. The predicted octanol–water partition coefficient (Wildman–Crippen LogP) is 2.47. The van der Waals surface area contributed by atoms with Gasteiger partial charge in [0.15, 0.2) is 5.17 Å². The van der Waals surface area contributed by atoms with Crippen molar-refractivity contribution in [1.82, 2.24) is 10.2 Å². The summed E-state index contributed by atoms with van der Waals surface area (Å²) in [6.07, 6.45) is 4.16. The van der Waals surface area contributed by atoms with E-state index >= 15 is 0 Å². The highest BCUT2D eigenvalue weighted by atomic mass is 32.2. The Kier molecular flexibility index (Phi) is 6.61. The summed E-state index contributed by atoms with van der Waals surface area (Å²) in [7, 11) is 2.13. The van der Waals surface area contributed by atoms with E-state index in [9.17, 15) is 4.79 Å². The molecule has 1 N–H and O–H groups in total. The Morgan fingerprint density at radius 2 is 2.23 bits per heavy atom. The standard InChI is InChI=1S/C16H22N4OS/c1-3-4-9-20(2)11-14-8-6-5-7-13(14)10-17-19-16-18-15(21)12-22-16/h5-8,10H,3-4,9,11-12H2,1-2H3,(H,18,19,21). The average molecular weight is 318 g/mol. The summed E-state index contributed by atoms with van der Waals surface area (Å²) in [4.78, 5) is 13.4. The van der Waals surface area contributed by atoms with Crippen LogP contribution in [0.25, 0.3) is 0 Å². The second-order valence-electron chi connectivity index (χ2n) is 5.28. The van der Waals surface area contributed by atoms with Crippen molar-refractivity contribution >= 4 is 29.1 Å². The number of carbonyl (C=O) groups excluding carboxylic acids is 1. The summed E-state index contributed by atoms with van der Waals surface area (Å²) >= 11 is 1.38. The van der Waals surface area contributed by atoms with E-state index in [1.807, 2.05) is 18.2 Å². The van der Waals surface area contributed by atoms with Gasteiger partial charge in [-0.2, -0.15) is 5.10 Å². The highest BCUT2D eigenvalue weighted by Gasteiger charge is 2.15. The Bertz CT molecular complexity index is 571. The number of hydrogen-bond donors (Lipinski definition) is 1. The summed E-state index contributed by atoms with van der Waals surface area (Å²) < 4.78 is 0. The van der Waals surface area contributed by atoms with Crippen molar-refractivity contribution in [2.24, 2.45) is 10.2 Å². The van der Waals surface area contributed by atoms with Crippen LogP contribution in [0, 0.1) is 0 Å². The quantitative estimate of drug-likeness (QED) is 0.621. The van der Waals surface area contributed by atoms with Gasteiger partial charge in [0.1, 0.15) is 0 Å². The minimum atomic E-state index is -0.0168. The molecule has 1 aliphatic heterocycles. The van der Waals surface area contributed by atoms with Crippen molar-refractivity contribution < 1.29 is 4.79 Å². The molecule has 0 atom stereocenters. The van der Waals surface area contributed by atoms with Gasteiger partial charge in [-0.1, -0.05) is 49.4 Å². The number of nitrogens with one attached hydrogen (secondary N) is 1. The van der Waals surface area contributed by atoms with Crippen LogP contribution in [-0.2, 0) is 11.3 Å². The molecule has 0 spiro atoms. The van der Waals surface area contributed by atoms with E-state index in [4.69, 9.17) is 0 Å². The number of benzene rings is 1. The van der Waals surface area contributed by atoms with Crippen LogP contribution in [0.15, 0.2) is 34.5 Å². The van der Waals surface area contributed by atoms with Gasteiger partial charge < -0.3 is 10.2 Å². The Morgan fingerprint density at radius 1 is 1.41 bits per heavy atom. The molecule has 0 unspecified atom stereocenters. The van der Waals surface area contributed by atoms with Gasteiger partial charge in [0.05, 0.1) is 12.0 Å². The van der Waals surface area contributed by atoms with Gasteiger partial charge >= 0.3 is 0 Å². The SMILES string of the molecule is CCCCN(C)Cc1ccccc1C=NN=C1NC(=O)CS1. The van der Waals surface area contributed by atoms with E-state index in [-0.39, 0.29) is 5.91 Å². The van der Waals surface area contributed by atoms with Crippen molar-refractivity contribution in [3.05, 3.63) is 35.4 Å². The number of unbranched alkanes of at least 4 members (excludes halogenated alkanes) is 1. The largest absolute Gasteiger partial charge is 0.303 e. The fraction of sp³-hybridized carbons (Fsp3) is 0.438. The summed E-state index contributed by atoms with van der Waals surface area (Å²) in [5, 5.41) is 11.4. The molecule has 5 nitrogen and oxygen atoms in total. The lowest BCUT2D eigenvalue weighted by molar-refractivity contribution is -0.116. The number of nitrogens with zero attached hydrogens (tertiary/aromatic N) is 3. The molecule has 1 aromatic carbocycles. The fourth-order valence-electron chi connectivity index (χ4n) is 2.12. The molecule has 1 saturated heterocycles. The molecule has 1 heterocycles. The van der Waals surface area contributed by atoms with Gasteiger partial charge in [0.2, 0.25) is 5.91 Å². The highest BCUT2D eigenvalue weighted by Crippen LogP contribution is 2.11. The number of rotatable bonds is 7. The minimum absolute atomic E-state index is 0.0168. The van der Waals surface area contributed by atoms with Crippen molar-refractivity contribution in [1.29, 1.82) is 0 Å². The third-order valence-corrected chi connectivity index (χ3v) is 4.18. The van der Waals surface area contributed by atoms with Crippen molar-refractivity contribution in [2.75, 3.05) is 19.3 Å². The second-order valence-corrected chi connectivity index (χ2v) is 6.24. The van der Waals surface area contributed by atoms with Crippen LogP contribution in [0.2, 0.25) is 0 Å². The molecule has 1 aliphatic rings. The Labute approximate surface area is 135 Å². The monoisotopic (exact) mass is 318 g/mol. The predicted molar refractivity (Wildman–Crippen MR) is 93.3 cm³/mol. The Hall–Kier alpha value is -1.66. The van der Waals surface area contributed by atoms with E-state index in [1.165, 1.54) is 30.2 Å². The molecule has 1 amide bonds. The molecule has 0 radical (unpaired) electrons. The first-order valence-corrected chi connectivity index (χ1v) is 8.47. The molecule has 2 rings (SSSR count). The second kappa shape index (κ2) is 8.70. The topological polar surface area (TPSA) is 57.1 Å². The number of thioether (sulfide) groups is 1. The first kappa shape index (κ1) is 16.7. The Balaban J connectivity index is 2.00. The zero-order valence-electron chi connectivity index (χ0n) is 13.1. The lowest BCUT2D eigenvalue weighted by Gasteiger charge is -2.17. The fourth-order valence-corrected chi connectivity index (χ4v) is 2.76. The van der Waals surface area contributed by atoms with Crippen molar-refractivity contribution in [3.63, 3.8) is 0 Å². The van der Waals surface area contributed by atoms with Gasteiger partial charge in [-0.3, -0.25) is 4.79 Å². The molecule has 22 heavy (non-hydrogen) atoms. The minimum Gasteiger partial charge on any atom is -0.303 e. The van der Waals surface area contributed by atoms with Crippen molar-refractivity contribution in [2.45, 2.75) is 26.3 Å². The molecule has 6 heteroatoms. The van der Waals surface area contributed by atoms with Gasteiger partial charge in [0.25, 0.3) is 0 Å². The van der Waals surface area contributed by atoms with Crippen molar-refractivity contribution in [3.8, 4) is 0 Å². The lowest BCUT2D eigenvalue weighted by atomic mass is 10.1. The summed E-state index contributed by atoms with van der Waals surface area (Å²) in [6, 6.07) is 8.19. The maximum Gasteiger partial charge on any atom is 0.236 e. The molecule has 118 valence electrons. The van der Waals surface area contributed by atoms with E-state index in [0.29, 0.717) is 10.9 Å². The molecule has 1 aromatic rings. The van der Waals surface area contributed by atoms with Crippen LogP contribution in [0.4, 0.5) is 0 Å². The zero-order valence-corrected chi connectivity index (χ0v) is 13.9. The molecule has 0 aromatic heterocycles. The smallest absolute Gasteiger partial charge is 0.236 e. The number of amides is 1. The van der Waals surface area contributed by atoms with Gasteiger partial charge in [-0.25, -0.2) is 0 Å². The first-order valence-electron chi connectivity index (χ1n) is 7.49. The normalized spacial score (nSPS) is 16.9. The third kappa shape index (κ3) is 5.27. The van der Waals surface area contributed by atoms with Gasteiger partial charge in [0, 0.05) is 6.54 Å². The van der Waals surface area contributed by atoms with Gasteiger partial charge in [-0.05, 0) is 31.1 Å². The first-order chi connectivity index (χ1) is 10.7. The zero-order chi connectivity index (χ0) is 15.8. The van der Waals surface area contributed by atoms with Crippen LogP contribution < -0.4 is 5.32 Å². The maximum atomic E-state index is 11.1. The number of hydrogen-bond acceptors (Lipinski definition) is 5. The molecular formula is C16H22N4OS. The van der Waals surface area contributed by atoms with Crippen LogP contribution in [0.1, 0.15) is 30.9 Å². The van der Waals surface area contributed by atoms with Crippen LogP contribution >= 0.6 is 11.8 Å². The van der Waals surface area contributed by atoms with Crippen LogP contribution in [0.3, 0.4) is 0 Å². The lowest BCUT2D eigenvalue weighted by Crippen LogP contribution is -2.20. The average Bonchev–Trinajstić information content (AvgIpc) is 2.92. The van der Waals surface area contributed by atoms with E-state index in [2.05, 4.69) is 40.5 Å². The molecule has 0 aliphatic carbocycles. The third-order valence-electron chi connectivity index (χ3n) is 3.32. The summed E-state index contributed by atoms with van der Waals surface area (Å²) in [6.45, 7) is 4.19. The summed E-state index contributed by atoms with van der Waals surface area (Å²) in [5.74, 6) is 0.407. The number of amidine groups is 1. The molecule has 0 saturated carbocycles. The Morgan fingerprint density at radius 3 is 2.95 bits per heavy atom. The molecule has 0 bridgehead atoms. The van der Waals surface area contributed by atoms with E-state index in [0.717, 1.165) is 18.7 Å². The van der Waals surface area contributed by atoms with E-state index in [1.54, 1.807) is 6.21 Å². The number of carbonyl (C=O) groups is 1. The molecular weight excluding hydrogens is 296 g/mol. The highest BCUT2D eigenvalue weighted by molar-refractivity contribution is 8.15. The van der Waals surface area contributed by atoms with Crippen LogP contribution in [0.5, 0.6) is 0 Å².